The van der Waals surface area contributed by atoms with E-state index in [1.165, 1.54) is 19.2 Å². The first-order valence-corrected chi connectivity index (χ1v) is 7.79. The van der Waals surface area contributed by atoms with Crippen LogP contribution >= 0.6 is 0 Å². The van der Waals surface area contributed by atoms with Gasteiger partial charge in [-0.3, -0.25) is 19.8 Å². The van der Waals surface area contributed by atoms with E-state index >= 15 is 0 Å². The number of benzene rings is 1. The molecule has 1 atom stereocenters. The Balaban J connectivity index is 2.09. The zero-order valence-electron chi connectivity index (χ0n) is 13.7. The third-order valence-corrected chi connectivity index (χ3v) is 4.40. The number of piperidine rings is 1. The van der Waals surface area contributed by atoms with Crippen molar-refractivity contribution < 1.29 is 14.5 Å². The molecule has 0 radical (unpaired) electrons. The second kappa shape index (κ2) is 7.41. The van der Waals surface area contributed by atoms with Crippen LogP contribution < -0.4 is 10.1 Å². The molecule has 1 amide bonds. The van der Waals surface area contributed by atoms with E-state index in [0.29, 0.717) is 11.7 Å². The Labute approximate surface area is 135 Å². The number of hydrogen-bond acceptors (Lipinski definition) is 5. The van der Waals surface area contributed by atoms with Crippen LogP contribution in [0.3, 0.4) is 0 Å². The van der Waals surface area contributed by atoms with E-state index in [9.17, 15) is 14.9 Å². The molecule has 0 aliphatic carbocycles. The van der Waals surface area contributed by atoms with Gasteiger partial charge < -0.3 is 10.1 Å². The summed E-state index contributed by atoms with van der Waals surface area (Å²) in [6.45, 7) is 5.80. The molecule has 1 N–H and O–H groups in total. The predicted octanol–water partition coefficient (Wildman–Crippen LogP) is 2.66. The van der Waals surface area contributed by atoms with Crippen molar-refractivity contribution in [2.45, 2.75) is 32.7 Å². The van der Waals surface area contributed by atoms with Gasteiger partial charge in [-0.15, -0.1) is 0 Å². The van der Waals surface area contributed by atoms with Gasteiger partial charge in [0.1, 0.15) is 11.4 Å². The lowest BCUT2D eigenvalue weighted by Crippen LogP contribution is -2.45. The highest BCUT2D eigenvalue weighted by Gasteiger charge is 2.26. The Morgan fingerprint density at radius 3 is 2.65 bits per heavy atom. The number of carbonyl (C=O) groups excluding carboxylic acids is 1. The molecule has 0 aromatic heterocycles. The van der Waals surface area contributed by atoms with Crippen LogP contribution in [0.4, 0.5) is 11.4 Å². The molecule has 7 heteroatoms. The maximum Gasteiger partial charge on any atom is 0.296 e. The molecule has 7 nitrogen and oxygen atoms in total. The standard InChI is InChI=1S/C16H23N3O4/c1-11-6-8-18(9-7-11)12(2)16(20)17-14-5-4-13(23-3)10-15(14)19(21)22/h4-5,10-12H,6-9H2,1-3H3,(H,17,20). The number of nitro benzene ring substituents is 1. The summed E-state index contributed by atoms with van der Waals surface area (Å²) in [4.78, 5) is 25.2. The summed E-state index contributed by atoms with van der Waals surface area (Å²) >= 11 is 0. The largest absolute Gasteiger partial charge is 0.496 e. The minimum atomic E-state index is -0.522. The van der Waals surface area contributed by atoms with Crippen LogP contribution in [0.2, 0.25) is 0 Å². The van der Waals surface area contributed by atoms with Crippen LogP contribution in [0, 0.1) is 16.0 Å². The molecule has 0 bridgehead atoms. The van der Waals surface area contributed by atoms with Gasteiger partial charge in [-0.25, -0.2) is 0 Å². The van der Waals surface area contributed by atoms with Gasteiger partial charge in [-0.2, -0.15) is 0 Å². The van der Waals surface area contributed by atoms with Crippen molar-refractivity contribution in [3.8, 4) is 5.75 Å². The van der Waals surface area contributed by atoms with E-state index in [2.05, 4.69) is 17.1 Å². The molecule has 1 saturated heterocycles. The monoisotopic (exact) mass is 321 g/mol. The molecular formula is C16H23N3O4. The van der Waals surface area contributed by atoms with Gasteiger partial charge in [0.05, 0.1) is 24.1 Å². The molecular weight excluding hydrogens is 298 g/mol. The quantitative estimate of drug-likeness (QED) is 0.666. The maximum atomic E-state index is 12.4. The number of nitro groups is 1. The first-order chi connectivity index (χ1) is 10.9. The number of nitrogens with one attached hydrogen (secondary N) is 1. The van der Waals surface area contributed by atoms with Gasteiger partial charge in [-0.1, -0.05) is 6.92 Å². The molecule has 1 heterocycles. The SMILES string of the molecule is COc1ccc(NC(=O)C(C)N2CCC(C)CC2)c([N+](=O)[O-])c1. The lowest BCUT2D eigenvalue weighted by Gasteiger charge is -2.34. The zero-order chi connectivity index (χ0) is 17.0. The van der Waals surface area contributed by atoms with E-state index in [1.807, 2.05) is 6.92 Å². The van der Waals surface area contributed by atoms with Crippen LogP contribution in [0.15, 0.2) is 18.2 Å². The molecule has 1 aromatic rings. The summed E-state index contributed by atoms with van der Waals surface area (Å²) in [5, 5.41) is 13.8. The van der Waals surface area contributed by atoms with Crippen LogP contribution in [0.1, 0.15) is 26.7 Å². The van der Waals surface area contributed by atoms with Gasteiger partial charge in [0.25, 0.3) is 5.69 Å². The first-order valence-electron chi connectivity index (χ1n) is 7.79. The lowest BCUT2D eigenvalue weighted by atomic mass is 9.98. The topological polar surface area (TPSA) is 84.7 Å². The molecule has 2 rings (SSSR count). The maximum absolute atomic E-state index is 12.4. The Morgan fingerprint density at radius 2 is 2.09 bits per heavy atom. The van der Waals surface area contributed by atoms with E-state index in [-0.39, 0.29) is 23.3 Å². The molecule has 1 unspecified atom stereocenters. The van der Waals surface area contributed by atoms with Crippen molar-refractivity contribution in [3.63, 3.8) is 0 Å². The van der Waals surface area contributed by atoms with Gasteiger partial charge in [-0.05, 0) is 50.9 Å². The number of nitrogens with zero attached hydrogens (tertiary/aromatic N) is 2. The molecule has 1 aromatic carbocycles. The van der Waals surface area contributed by atoms with E-state index in [1.54, 1.807) is 6.07 Å². The van der Waals surface area contributed by atoms with Crippen molar-refractivity contribution in [2.24, 2.45) is 5.92 Å². The minimum Gasteiger partial charge on any atom is -0.496 e. The van der Waals surface area contributed by atoms with E-state index in [4.69, 9.17) is 4.74 Å². The molecule has 1 fully saturated rings. The number of rotatable bonds is 5. The van der Waals surface area contributed by atoms with E-state index in [0.717, 1.165) is 25.9 Å². The number of anilines is 1. The smallest absolute Gasteiger partial charge is 0.296 e. The normalized spacial score (nSPS) is 17.5. The molecule has 1 aliphatic rings. The first kappa shape index (κ1) is 17.2. The zero-order valence-corrected chi connectivity index (χ0v) is 13.7. The summed E-state index contributed by atoms with van der Waals surface area (Å²) in [5.74, 6) is 0.838. The van der Waals surface area contributed by atoms with Crippen molar-refractivity contribution in [1.29, 1.82) is 0 Å². The van der Waals surface area contributed by atoms with Gasteiger partial charge in [0.15, 0.2) is 0 Å². The lowest BCUT2D eigenvalue weighted by molar-refractivity contribution is -0.384. The molecule has 23 heavy (non-hydrogen) atoms. The summed E-state index contributed by atoms with van der Waals surface area (Å²) in [5.41, 5.74) is 0.0233. The third kappa shape index (κ3) is 4.19. The fourth-order valence-corrected chi connectivity index (χ4v) is 2.71. The minimum absolute atomic E-state index is 0.169. The Bertz CT molecular complexity index is 583. The summed E-state index contributed by atoms with van der Waals surface area (Å²) in [7, 11) is 1.44. The number of likely N-dealkylation sites (tertiary alicyclic amines) is 1. The number of amides is 1. The van der Waals surface area contributed by atoms with Gasteiger partial charge >= 0.3 is 0 Å². The average molecular weight is 321 g/mol. The van der Waals surface area contributed by atoms with Crippen molar-refractivity contribution >= 4 is 17.3 Å². The van der Waals surface area contributed by atoms with Crippen LogP contribution in [-0.4, -0.2) is 42.0 Å². The molecule has 0 saturated carbocycles. The highest BCUT2D eigenvalue weighted by Crippen LogP contribution is 2.29. The number of ether oxygens (including phenoxy) is 1. The summed E-state index contributed by atoms with van der Waals surface area (Å²) in [6, 6.07) is 4.09. The van der Waals surface area contributed by atoms with Crippen molar-refractivity contribution in [2.75, 3.05) is 25.5 Å². The number of carbonyl (C=O) groups is 1. The average Bonchev–Trinajstić information content (AvgIpc) is 2.55. The second-order valence-corrected chi connectivity index (χ2v) is 6.02. The van der Waals surface area contributed by atoms with Crippen molar-refractivity contribution in [1.82, 2.24) is 4.90 Å². The second-order valence-electron chi connectivity index (χ2n) is 6.02. The fraction of sp³-hybridized carbons (Fsp3) is 0.562. The highest BCUT2D eigenvalue weighted by molar-refractivity contribution is 5.96. The molecule has 1 aliphatic heterocycles. The Hall–Kier alpha value is -2.15. The summed E-state index contributed by atoms with van der Waals surface area (Å²) < 4.78 is 4.99. The Morgan fingerprint density at radius 1 is 1.43 bits per heavy atom. The number of hydrogen-bond donors (Lipinski definition) is 1. The van der Waals surface area contributed by atoms with Crippen molar-refractivity contribution in [3.05, 3.63) is 28.3 Å². The summed E-state index contributed by atoms with van der Waals surface area (Å²) in [6.07, 6.45) is 2.14. The van der Waals surface area contributed by atoms with Gasteiger partial charge in [0.2, 0.25) is 5.91 Å². The highest BCUT2D eigenvalue weighted by atomic mass is 16.6. The third-order valence-electron chi connectivity index (χ3n) is 4.40. The predicted molar refractivity (Wildman–Crippen MR) is 87.7 cm³/mol. The molecule has 126 valence electrons. The fourth-order valence-electron chi connectivity index (χ4n) is 2.71. The Kier molecular flexibility index (Phi) is 5.54. The number of methoxy groups -OCH3 is 1. The van der Waals surface area contributed by atoms with Crippen LogP contribution in [0.25, 0.3) is 0 Å². The van der Waals surface area contributed by atoms with Crippen LogP contribution in [0.5, 0.6) is 5.75 Å². The van der Waals surface area contributed by atoms with Gasteiger partial charge in [0, 0.05) is 0 Å². The molecule has 0 spiro atoms. The van der Waals surface area contributed by atoms with E-state index < -0.39 is 4.92 Å². The van der Waals surface area contributed by atoms with Crippen LogP contribution in [-0.2, 0) is 4.79 Å².